The second kappa shape index (κ2) is 6.41. The number of benzene rings is 1. The lowest BCUT2D eigenvalue weighted by Gasteiger charge is -2.11. The average molecular weight is 308 g/mol. The van der Waals surface area contributed by atoms with Crippen LogP contribution in [0.1, 0.15) is 5.56 Å². The number of para-hydroxylation sites is 1. The summed E-state index contributed by atoms with van der Waals surface area (Å²) in [6, 6.07) is 8.04. The minimum Gasteiger partial charge on any atom is -0.480 e. The fraction of sp³-hybridized carbons (Fsp3) is 0.214. The third kappa shape index (κ3) is 3.61. The molecule has 0 saturated carbocycles. The molecule has 0 radical (unpaired) electrons. The van der Waals surface area contributed by atoms with Gasteiger partial charge in [-0.1, -0.05) is 23.7 Å². The molecule has 0 aliphatic carbocycles. The maximum atomic E-state index is 12.0. The molecule has 0 atom stereocenters. The molecule has 6 nitrogen and oxygen atoms in total. The monoisotopic (exact) mass is 307 g/mol. The number of carbonyl (C=O) groups is 1. The van der Waals surface area contributed by atoms with Crippen molar-refractivity contribution in [1.82, 2.24) is 9.78 Å². The molecule has 1 aromatic carbocycles. The van der Waals surface area contributed by atoms with E-state index in [1.165, 1.54) is 19.2 Å². The third-order valence-corrected chi connectivity index (χ3v) is 3.15. The van der Waals surface area contributed by atoms with Crippen LogP contribution in [-0.2, 0) is 11.3 Å². The zero-order valence-corrected chi connectivity index (χ0v) is 12.3. The van der Waals surface area contributed by atoms with Gasteiger partial charge in [-0.2, -0.15) is 0 Å². The molecule has 0 saturated heterocycles. The number of nitrogens with one attached hydrogen (secondary N) is 1. The lowest BCUT2D eigenvalue weighted by atomic mass is 10.2. The summed E-state index contributed by atoms with van der Waals surface area (Å²) in [5.41, 5.74) is 0.976. The Labute approximate surface area is 126 Å². The fourth-order valence-electron chi connectivity index (χ4n) is 1.76. The molecular formula is C14H14ClN3O3. The molecule has 1 amide bonds. The predicted octanol–water partition coefficient (Wildman–Crippen LogP) is 1.85. The van der Waals surface area contributed by atoms with Crippen molar-refractivity contribution in [3.05, 3.63) is 51.3 Å². The number of methoxy groups -OCH3 is 1. The first kappa shape index (κ1) is 15.1. The number of ether oxygens (including phenoxy) is 1. The van der Waals surface area contributed by atoms with Gasteiger partial charge < -0.3 is 10.1 Å². The highest BCUT2D eigenvalue weighted by molar-refractivity contribution is 6.33. The summed E-state index contributed by atoms with van der Waals surface area (Å²) in [6.07, 6.45) is 0. The molecule has 1 heterocycles. The second-order valence-corrected chi connectivity index (χ2v) is 4.76. The van der Waals surface area contributed by atoms with Crippen LogP contribution in [0.4, 0.5) is 5.69 Å². The molecule has 0 fully saturated rings. The zero-order chi connectivity index (χ0) is 15.4. The van der Waals surface area contributed by atoms with E-state index in [2.05, 4.69) is 10.4 Å². The molecule has 1 aromatic heterocycles. The summed E-state index contributed by atoms with van der Waals surface area (Å²) in [6.45, 7) is 1.61. The van der Waals surface area contributed by atoms with Crippen molar-refractivity contribution in [3.63, 3.8) is 0 Å². The number of halogens is 1. The number of anilines is 1. The predicted molar refractivity (Wildman–Crippen MR) is 79.9 cm³/mol. The van der Waals surface area contributed by atoms with Gasteiger partial charge in [0.25, 0.3) is 5.56 Å². The van der Waals surface area contributed by atoms with Crippen LogP contribution in [0.15, 0.2) is 35.1 Å². The highest BCUT2D eigenvalue weighted by atomic mass is 35.5. The number of hydrogen-bond donors (Lipinski definition) is 1. The van der Waals surface area contributed by atoms with Crippen molar-refractivity contribution in [3.8, 4) is 5.88 Å². The Morgan fingerprint density at radius 2 is 2.14 bits per heavy atom. The van der Waals surface area contributed by atoms with Gasteiger partial charge in [-0.05, 0) is 18.6 Å². The molecule has 0 bridgehead atoms. The number of aromatic nitrogens is 2. The molecule has 1 N–H and O–H groups in total. The molecule has 2 aromatic rings. The van der Waals surface area contributed by atoms with Crippen molar-refractivity contribution in [2.45, 2.75) is 13.5 Å². The SMILES string of the molecule is COc1ccc(=O)n(CC(=O)Nc2c(C)cccc2Cl)n1. The Balaban J connectivity index is 2.17. The van der Waals surface area contributed by atoms with E-state index in [0.29, 0.717) is 10.7 Å². The Hall–Kier alpha value is -2.34. The van der Waals surface area contributed by atoms with Crippen LogP contribution < -0.4 is 15.6 Å². The van der Waals surface area contributed by atoms with Crippen molar-refractivity contribution >= 4 is 23.2 Å². The Bertz CT molecular complexity index is 707. The Morgan fingerprint density at radius 1 is 1.38 bits per heavy atom. The second-order valence-electron chi connectivity index (χ2n) is 4.35. The van der Waals surface area contributed by atoms with Crippen LogP contribution in [0.25, 0.3) is 0 Å². The molecule has 2 rings (SSSR count). The molecule has 7 heteroatoms. The lowest BCUT2D eigenvalue weighted by molar-refractivity contribution is -0.117. The molecule has 0 aliphatic heterocycles. The van der Waals surface area contributed by atoms with E-state index in [9.17, 15) is 9.59 Å². The maximum absolute atomic E-state index is 12.0. The van der Waals surface area contributed by atoms with Crippen LogP contribution in [0, 0.1) is 6.92 Å². The van der Waals surface area contributed by atoms with Gasteiger partial charge in [-0.15, -0.1) is 5.10 Å². The summed E-state index contributed by atoms with van der Waals surface area (Å²) in [5.74, 6) is -0.134. The molecule has 0 spiro atoms. The highest BCUT2D eigenvalue weighted by Gasteiger charge is 2.11. The van der Waals surface area contributed by atoms with Gasteiger partial charge in [-0.3, -0.25) is 9.59 Å². The van der Waals surface area contributed by atoms with E-state index in [4.69, 9.17) is 16.3 Å². The van der Waals surface area contributed by atoms with Crippen molar-refractivity contribution in [2.75, 3.05) is 12.4 Å². The first-order valence-corrected chi connectivity index (χ1v) is 6.56. The van der Waals surface area contributed by atoms with E-state index in [0.717, 1.165) is 10.2 Å². The summed E-state index contributed by atoms with van der Waals surface area (Å²) in [5, 5.41) is 7.02. The van der Waals surface area contributed by atoms with E-state index >= 15 is 0 Å². The van der Waals surface area contributed by atoms with Crippen molar-refractivity contribution in [1.29, 1.82) is 0 Å². The topological polar surface area (TPSA) is 73.2 Å². The number of aryl methyl sites for hydroxylation is 1. The number of nitrogens with zero attached hydrogens (tertiary/aromatic N) is 2. The normalized spacial score (nSPS) is 10.2. The largest absolute Gasteiger partial charge is 0.480 e. The maximum Gasteiger partial charge on any atom is 0.267 e. The first-order valence-electron chi connectivity index (χ1n) is 6.18. The van der Waals surface area contributed by atoms with Crippen molar-refractivity contribution < 1.29 is 9.53 Å². The van der Waals surface area contributed by atoms with Crippen LogP contribution in [0.3, 0.4) is 0 Å². The molecule has 0 aliphatic rings. The van der Waals surface area contributed by atoms with Gasteiger partial charge in [0.05, 0.1) is 17.8 Å². The molecular weight excluding hydrogens is 294 g/mol. The number of hydrogen-bond acceptors (Lipinski definition) is 4. The van der Waals surface area contributed by atoms with Gasteiger partial charge in [0.1, 0.15) is 6.54 Å². The summed E-state index contributed by atoms with van der Waals surface area (Å²) >= 11 is 6.04. The van der Waals surface area contributed by atoms with Gasteiger partial charge >= 0.3 is 0 Å². The molecule has 110 valence electrons. The minimum absolute atomic E-state index is 0.222. The smallest absolute Gasteiger partial charge is 0.267 e. The average Bonchev–Trinajstić information content (AvgIpc) is 2.45. The van der Waals surface area contributed by atoms with E-state index in [1.807, 2.05) is 13.0 Å². The van der Waals surface area contributed by atoms with Crippen LogP contribution >= 0.6 is 11.6 Å². The summed E-state index contributed by atoms with van der Waals surface area (Å²) < 4.78 is 5.95. The van der Waals surface area contributed by atoms with Crippen LogP contribution in [0.5, 0.6) is 5.88 Å². The van der Waals surface area contributed by atoms with Gasteiger partial charge in [-0.25, -0.2) is 4.68 Å². The Kier molecular flexibility index (Phi) is 4.59. The summed E-state index contributed by atoms with van der Waals surface area (Å²) in [7, 11) is 1.43. The van der Waals surface area contributed by atoms with E-state index < -0.39 is 5.91 Å². The van der Waals surface area contributed by atoms with Gasteiger partial charge in [0.15, 0.2) is 0 Å². The quantitative estimate of drug-likeness (QED) is 0.935. The van der Waals surface area contributed by atoms with Gasteiger partial charge in [0, 0.05) is 12.1 Å². The third-order valence-electron chi connectivity index (χ3n) is 2.83. The Morgan fingerprint density at radius 3 is 2.81 bits per heavy atom. The van der Waals surface area contributed by atoms with Crippen LogP contribution in [0.2, 0.25) is 5.02 Å². The highest BCUT2D eigenvalue weighted by Crippen LogP contribution is 2.25. The zero-order valence-electron chi connectivity index (χ0n) is 11.6. The minimum atomic E-state index is -0.394. The lowest BCUT2D eigenvalue weighted by Crippen LogP contribution is -2.29. The standard InChI is InChI=1S/C14H14ClN3O3/c1-9-4-3-5-10(15)14(9)16-11(19)8-18-13(20)7-6-12(17-18)21-2/h3-7H,8H2,1-2H3,(H,16,19). The van der Waals surface area contributed by atoms with Crippen molar-refractivity contribution in [2.24, 2.45) is 0 Å². The molecule has 21 heavy (non-hydrogen) atoms. The van der Waals surface area contributed by atoms with Gasteiger partial charge in [0.2, 0.25) is 11.8 Å². The van der Waals surface area contributed by atoms with E-state index in [1.54, 1.807) is 12.1 Å². The summed E-state index contributed by atoms with van der Waals surface area (Å²) in [4.78, 5) is 23.7. The number of rotatable bonds is 4. The fourth-order valence-corrected chi connectivity index (χ4v) is 2.03. The number of amides is 1. The van der Waals surface area contributed by atoms with Crippen LogP contribution in [-0.4, -0.2) is 22.8 Å². The van der Waals surface area contributed by atoms with E-state index in [-0.39, 0.29) is 18.0 Å². The number of carbonyl (C=O) groups excluding carboxylic acids is 1. The first-order chi connectivity index (χ1) is 10.0. The molecule has 0 unspecified atom stereocenters.